The second kappa shape index (κ2) is 6.99. The number of ether oxygens (including phenoxy) is 1. The van der Waals surface area contributed by atoms with Crippen LogP contribution in [0.15, 0.2) is 54.9 Å². The van der Waals surface area contributed by atoms with Gasteiger partial charge in [-0.2, -0.15) is 0 Å². The normalized spacial score (nSPS) is 10.8. The molecule has 1 amide bonds. The molecular formula is C20H18N6O2. The van der Waals surface area contributed by atoms with E-state index in [4.69, 9.17) is 10.5 Å². The molecule has 0 fully saturated rings. The van der Waals surface area contributed by atoms with Crippen LogP contribution in [0.3, 0.4) is 0 Å². The van der Waals surface area contributed by atoms with E-state index in [0.29, 0.717) is 22.9 Å². The number of nitrogens with zero attached hydrogens (tertiary/aromatic N) is 4. The van der Waals surface area contributed by atoms with Gasteiger partial charge in [-0.1, -0.05) is 6.07 Å². The summed E-state index contributed by atoms with van der Waals surface area (Å²) in [7, 11) is 1.81. The molecule has 4 aromatic rings. The lowest BCUT2D eigenvalue weighted by molar-refractivity contribution is 0.102. The molecule has 0 unspecified atom stereocenters. The van der Waals surface area contributed by atoms with Gasteiger partial charge in [0.2, 0.25) is 5.95 Å². The Morgan fingerprint density at radius 3 is 2.71 bits per heavy atom. The minimum atomic E-state index is -0.243. The Labute approximate surface area is 161 Å². The first-order valence-corrected chi connectivity index (χ1v) is 8.60. The Morgan fingerprint density at radius 2 is 1.93 bits per heavy atom. The largest absolute Gasteiger partial charge is 0.424 e. The zero-order valence-electron chi connectivity index (χ0n) is 15.4. The molecule has 0 aliphatic carbocycles. The molecule has 0 atom stereocenters. The van der Waals surface area contributed by atoms with Gasteiger partial charge in [-0.25, -0.2) is 15.0 Å². The first-order valence-electron chi connectivity index (χ1n) is 8.60. The van der Waals surface area contributed by atoms with Gasteiger partial charge in [0.1, 0.15) is 5.75 Å². The van der Waals surface area contributed by atoms with E-state index in [2.05, 4.69) is 20.3 Å². The highest BCUT2D eigenvalue weighted by Crippen LogP contribution is 2.26. The average molecular weight is 374 g/mol. The van der Waals surface area contributed by atoms with Crippen molar-refractivity contribution in [3.8, 4) is 11.8 Å². The number of aromatic nitrogens is 4. The van der Waals surface area contributed by atoms with Gasteiger partial charge in [0.25, 0.3) is 5.91 Å². The van der Waals surface area contributed by atoms with Crippen LogP contribution in [-0.4, -0.2) is 25.4 Å². The predicted molar refractivity (Wildman–Crippen MR) is 106 cm³/mol. The number of benzene rings is 2. The summed E-state index contributed by atoms with van der Waals surface area (Å²) in [4.78, 5) is 25.0. The first-order chi connectivity index (χ1) is 13.5. The van der Waals surface area contributed by atoms with Gasteiger partial charge in [-0.05, 0) is 42.8 Å². The van der Waals surface area contributed by atoms with Crippen LogP contribution in [-0.2, 0) is 7.05 Å². The molecule has 4 rings (SSSR count). The molecular weight excluding hydrogens is 356 g/mol. The third-order valence-corrected chi connectivity index (χ3v) is 4.37. The van der Waals surface area contributed by atoms with E-state index >= 15 is 0 Å². The number of imidazole rings is 1. The van der Waals surface area contributed by atoms with Crippen molar-refractivity contribution >= 4 is 28.6 Å². The molecule has 3 N–H and O–H groups in total. The quantitative estimate of drug-likeness (QED) is 0.567. The Morgan fingerprint density at radius 1 is 1.14 bits per heavy atom. The van der Waals surface area contributed by atoms with Crippen molar-refractivity contribution in [2.75, 3.05) is 11.1 Å². The third-order valence-electron chi connectivity index (χ3n) is 4.37. The van der Waals surface area contributed by atoms with E-state index in [9.17, 15) is 4.79 Å². The van der Waals surface area contributed by atoms with E-state index in [1.165, 1.54) is 0 Å². The maximum absolute atomic E-state index is 12.7. The topological polar surface area (TPSA) is 108 Å². The van der Waals surface area contributed by atoms with E-state index in [1.54, 1.807) is 47.3 Å². The minimum Gasteiger partial charge on any atom is -0.424 e. The van der Waals surface area contributed by atoms with Crippen molar-refractivity contribution in [2.24, 2.45) is 7.05 Å². The summed E-state index contributed by atoms with van der Waals surface area (Å²) in [5.74, 6) is 0.724. The lowest BCUT2D eigenvalue weighted by Gasteiger charge is -2.10. The number of hydrogen-bond acceptors (Lipinski definition) is 6. The average Bonchev–Trinajstić information content (AvgIpc) is 2.99. The standard InChI is InChI=1S/C20H18N6O2/c1-12-4-6-14(11-17(12)28-20-22-8-3-9-23-20)24-18(27)13-5-7-15-16(10-13)26(2)19(21)25-15/h3-11H,1-2H3,(H2,21,25)(H,24,27). The summed E-state index contributed by atoms with van der Waals surface area (Å²) in [6.07, 6.45) is 3.20. The zero-order valence-corrected chi connectivity index (χ0v) is 15.4. The molecule has 28 heavy (non-hydrogen) atoms. The maximum Gasteiger partial charge on any atom is 0.321 e. The number of fused-ring (bicyclic) bond motifs is 1. The third kappa shape index (κ3) is 3.35. The van der Waals surface area contributed by atoms with Crippen molar-refractivity contribution in [1.82, 2.24) is 19.5 Å². The van der Waals surface area contributed by atoms with Crippen molar-refractivity contribution in [3.05, 3.63) is 66.0 Å². The monoisotopic (exact) mass is 374 g/mol. The number of anilines is 2. The number of hydrogen-bond donors (Lipinski definition) is 2. The van der Waals surface area contributed by atoms with Crippen LogP contribution in [0, 0.1) is 6.92 Å². The summed E-state index contributed by atoms with van der Waals surface area (Å²) in [6, 6.07) is 12.6. The Kier molecular flexibility index (Phi) is 4.36. The van der Waals surface area contributed by atoms with Gasteiger partial charge < -0.3 is 20.4 Å². The number of aryl methyl sites for hydroxylation is 2. The van der Waals surface area contributed by atoms with Crippen molar-refractivity contribution in [2.45, 2.75) is 6.92 Å². The molecule has 140 valence electrons. The highest BCUT2D eigenvalue weighted by atomic mass is 16.5. The molecule has 0 saturated heterocycles. The summed E-state index contributed by atoms with van der Waals surface area (Å²) < 4.78 is 7.45. The number of nitrogens with two attached hydrogens (primary N) is 1. The molecule has 2 aromatic heterocycles. The molecule has 0 aliphatic heterocycles. The van der Waals surface area contributed by atoms with Crippen LogP contribution < -0.4 is 15.8 Å². The Balaban J connectivity index is 1.58. The number of rotatable bonds is 4. The zero-order chi connectivity index (χ0) is 19.7. The van der Waals surface area contributed by atoms with E-state index in [0.717, 1.165) is 16.6 Å². The van der Waals surface area contributed by atoms with Crippen LogP contribution in [0.25, 0.3) is 11.0 Å². The summed E-state index contributed by atoms with van der Waals surface area (Å²) in [5.41, 5.74) is 9.36. The van der Waals surface area contributed by atoms with Gasteiger partial charge in [-0.3, -0.25) is 4.79 Å². The molecule has 0 bridgehead atoms. The maximum atomic E-state index is 12.7. The van der Waals surface area contributed by atoms with Crippen LogP contribution in [0.4, 0.5) is 11.6 Å². The molecule has 0 radical (unpaired) electrons. The Bertz CT molecular complexity index is 1170. The second-order valence-electron chi connectivity index (χ2n) is 6.30. The van der Waals surface area contributed by atoms with Gasteiger partial charge in [0.15, 0.2) is 0 Å². The number of amides is 1. The molecule has 8 heteroatoms. The minimum absolute atomic E-state index is 0.243. The van der Waals surface area contributed by atoms with E-state index in [1.807, 2.05) is 26.1 Å². The summed E-state index contributed by atoms with van der Waals surface area (Å²) in [5, 5.41) is 2.88. The SMILES string of the molecule is Cc1ccc(NC(=O)c2ccc3nc(N)n(C)c3c2)cc1Oc1ncccn1. The second-order valence-corrected chi connectivity index (χ2v) is 6.30. The molecule has 0 spiro atoms. The Hall–Kier alpha value is -3.94. The number of carbonyl (C=O) groups excluding carboxylic acids is 1. The van der Waals surface area contributed by atoms with Gasteiger partial charge in [0, 0.05) is 36.8 Å². The molecule has 0 saturated carbocycles. The molecule has 8 nitrogen and oxygen atoms in total. The van der Waals surface area contributed by atoms with Crippen LogP contribution in [0.1, 0.15) is 15.9 Å². The van der Waals surface area contributed by atoms with Gasteiger partial charge in [-0.15, -0.1) is 0 Å². The number of nitrogen functional groups attached to an aromatic ring is 1. The van der Waals surface area contributed by atoms with Gasteiger partial charge in [0.05, 0.1) is 11.0 Å². The van der Waals surface area contributed by atoms with Gasteiger partial charge >= 0.3 is 6.01 Å². The van der Waals surface area contributed by atoms with E-state index < -0.39 is 0 Å². The van der Waals surface area contributed by atoms with Crippen molar-refractivity contribution < 1.29 is 9.53 Å². The highest BCUT2D eigenvalue weighted by Gasteiger charge is 2.12. The fourth-order valence-electron chi connectivity index (χ4n) is 2.78. The fraction of sp³-hybridized carbons (Fsp3) is 0.100. The van der Waals surface area contributed by atoms with E-state index in [-0.39, 0.29) is 11.9 Å². The van der Waals surface area contributed by atoms with Crippen molar-refractivity contribution in [3.63, 3.8) is 0 Å². The lowest BCUT2D eigenvalue weighted by atomic mass is 10.1. The van der Waals surface area contributed by atoms with Crippen LogP contribution >= 0.6 is 0 Å². The molecule has 2 aromatic carbocycles. The number of carbonyl (C=O) groups is 1. The fourth-order valence-corrected chi connectivity index (χ4v) is 2.78. The highest BCUT2D eigenvalue weighted by molar-refractivity contribution is 6.06. The molecule has 2 heterocycles. The number of nitrogens with one attached hydrogen (secondary N) is 1. The summed E-state index contributed by atoms with van der Waals surface area (Å²) in [6.45, 7) is 1.91. The predicted octanol–water partition coefficient (Wildman–Crippen LogP) is 3.30. The smallest absolute Gasteiger partial charge is 0.321 e. The molecule has 0 aliphatic rings. The first kappa shape index (κ1) is 17.5. The lowest BCUT2D eigenvalue weighted by Crippen LogP contribution is -2.12. The van der Waals surface area contributed by atoms with Crippen LogP contribution in [0.2, 0.25) is 0 Å². The van der Waals surface area contributed by atoms with Crippen molar-refractivity contribution in [1.29, 1.82) is 0 Å². The summed E-state index contributed by atoms with van der Waals surface area (Å²) >= 11 is 0. The van der Waals surface area contributed by atoms with Crippen LogP contribution in [0.5, 0.6) is 11.8 Å².